The minimum Gasteiger partial charge on any atom is -0.506 e. The molecule has 6 aromatic rings. The van der Waals surface area contributed by atoms with Gasteiger partial charge < -0.3 is 19.3 Å². The van der Waals surface area contributed by atoms with Crippen LogP contribution in [0, 0.1) is 6.07 Å². The summed E-state index contributed by atoms with van der Waals surface area (Å²) in [6, 6.07) is 27.4. The molecule has 1 aliphatic rings. The number of phenols is 1. The molecule has 0 unspecified atom stereocenters. The Morgan fingerprint density at radius 2 is 1.69 bits per heavy atom. The van der Waals surface area contributed by atoms with Crippen molar-refractivity contribution in [2.45, 2.75) is 26.2 Å². The zero-order valence-corrected chi connectivity index (χ0v) is 24.2. The number of aromatic hydroxyl groups is 1. The number of ether oxygens (including phenoxy) is 1. The molecule has 0 radical (unpaired) electrons. The number of fused-ring (bicyclic) bond motifs is 4. The van der Waals surface area contributed by atoms with Crippen molar-refractivity contribution in [1.82, 2.24) is 14.5 Å². The maximum atomic E-state index is 10.6. The summed E-state index contributed by atoms with van der Waals surface area (Å²) < 4.78 is 8.35. The molecule has 0 bridgehead atoms. The monoisotopic (exact) mass is 694 g/mol. The van der Waals surface area contributed by atoms with E-state index in [0.29, 0.717) is 17.1 Å². The van der Waals surface area contributed by atoms with Gasteiger partial charge in [-0.25, -0.2) is 9.97 Å². The van der Waals surface area contributed by atoms with Crippen LogP contribution >= 0.6 is 0 Å². The van der Waals surface area contributed by atoms with Crippen molar-refractivity contribution in [2.24, 2.45) is 0 Å². The Hall–Kier alpha value is -3.89. The van der Waals surface area contributed by atoms with E-state index in [9.17, 15) is 5.11 Å². The molecule has 3 aromatic heterocycles. The maximum absolute atomic E-state index is 10.6. The van der Waals surface area contributed by atoms with E-state index in [2.05, 4.69) is 71.6 Å². The first kappa shape index (κ1) is 25.4. The molecule has 1 N–H and O–H groups in total. The van der Waals surface area contributed by atoms with E-state index in [-0.39, 0.29) is 32.2 Å². The largest absolute Gasteiger partial charge is 0.506 e. The quantitative estimate of drug-likeness (QED) is 0.157. The predicted molar refractivity (Wildman–Crippen MR) is 152 cm³/mol. The van der Waals surface area contributed by atoms with Gasteiger partial charge in [0, 0.05) is 74.8 Å². The molecular weight excluding hydrogens is 667 g/mol. The first-order chi connectivity index (χ1) is 18.4. The SMILES string of the molecule is CC(C)(C)c1ccc(O)c2nc(Oc3[c-]c4c(cc3)c3ccccc3n4-c3cc(N4CC4)ccn3)ccc12.[Pt]. The summed E-state index contributed by atoms with van der Waals surface area (Å²) >= 11 is 0. The summed E-state index contributed by atoms with van der Waals surface area (Å²) in [5.74, 6) is 1.92. The fourth-order valence-electron chi connectivity index (χ4n) is 5.21. The number of nitrogens with zero attached hydrogens (tertiary/aromatic N) is 4. The number of benzene rings is 3. The molecule has 6 nitrogen and oxygen atoms in total. The second-order valence-electron chi connectivity index (χ2n) is 10.8. The van der Waals surface area contributed by atoms with Crippen LogP contribution in [0.1, 0.15) is 26.3 Å². The average Bonchev–Trinajstić information content (AvgIpc) is 3.71. The molecule has 0 atom stereocenters. The van der Waals surface area contributed by atoms with Crippen LogP contribution in [-0.2, 0) is 26.5 Å². The van der Waals surface area contributed by atoms with E-state index < -0.39 is 0 Å². The zero-order chi connectivity index (χ0) is 26.0. The number of aromatic nitrogens is 3. The Morgan fingerprint density at radius 1 is 0.897 bits per heavy atom. The van der Waals surface area contributed by atoms with Crippen molar-refractivity contribution < 1.29 is 30.9 Å². The normalized spacial score (nSPS) is 13.2. The third-order valence-corrected chi connectivity index (χ3v) is 7.16. The molecule has 0 aliphatic carbocycles. The van der Waals surface area contributed by atoms with Crippen LogP contribution in [0.25, 0.3) is 38.5 Å². The Morgan fingerprint density at radius 3 is 2.49 bits per heavy atom. The summed E-state index contributed by atoms with van der Waals surface area (Å²) in [5, 5.41) is 13.7. The summed E-state index contributed by atoms with van der Waals surface area (Å²) in [6.45, 7) is 8.61. The number of anilines is 1. The molecule has 1 saturated heterocycles. The first-order valence-corrected chi connectivity index (χ1v) is 12.8. The van der Waals surface area contributed by atoms with Gasteiger partial charge >= 0.3 is 0 Å². The summed E-state index contributed by atoms with van der Waals surface area (Å²) in [5.41, 5.74) is 4.69. The van der Waals surface area contributed by atoms with Gasteiger partial charge in [0.25, 0.3) is 0 Å². The van der Waals surface area contributed by atoms with Crippen molar-refractivity contribution >= 4 is 38.4 Å². The Bertz CT molecular complexity index is 1870. The van der Waals surface area contributed by atoms with Gasteiger partial charge in [-0.1, -0.05) is 50.6 Å². The van der Waals surface area contributed by atoms with Crippen LogP contribution in [0.2, 0.25) is 0 Å². The number of rotatable bonds is 4. The van der Waals surface area contributed by atoms with Crippen LogP contribution in [0.5, 0.6) is 17.4 Å². The second kappa shape index (κ2) is 9.39. The smallest absolute Gasteiger partial charge is 0.217 e. The van der Waals surface area contributed by atoms with Gasteiger partial charge in [0.15, 0.2) is 0 Å². The molecule has 0 saturated carbocycles. The Balaban J connectivity index is 0.00000277. The molecular formula is C32H27N4O2Pt-. The fraction of sp³-hybridized carbons (Fsp3) is 0.188. The fourth-order valence-corrected chi connectivity index (χ4v) is 5.21. The van der Waals surface area contributed by atoms with Gasteiger partial charge in [-0.15, -0.1) is 17.5 Å². The zero-order valence-electron chi connectivity index (χ0n) is 21.9. The molecule has 1 fully saturated rings. The Kier molecular flexibility index (Phi) is 6.11. The van der Waals surface area contributed by atoms with Crippen LogP contribution < -0.4 is 9.64 Å². The van der Waals surface area contributed by atoms with E-state index in [1.807, 2.05) is 42.6 Å². The molecule has 198 valence electrons. The molecule has 4 heterocycles. The molecule has 7 rings (SSSR count). The maximum Gasteiger partial charge on any atom is 0.217 e. The summed E-state index contributed by atoms with van der Waals surface area (Å²) in [4.78, 5) is 11.7. The number of para-hydroxylation sites is 1. The summed E-state index contributed by atoms with van der Waals surface area (Å²) in [6.07, 6.45) is 1.86. The first-order valence-electron chi connectivity index (χ1n) is 12.8. The van der Waals surface area contributed by atoms with Crippen LogP contribution in [0.15, 0.2) is 79.0 Å². The van der Waals surface area contributed by atoms with Gasteiger partial charge in [-0.3, -0.25) is 0 Å². The molecule has 3 aromatic carbocycles. The van der Waals surface area contributed by atoms with Crippen molar-refractivity contribution in [3.8, 4) is 23.2 Å². The van der Waals surface area contributed by atoms with Gasteiger partial charge in [0.05, 0.1) is 0 Å². The number of hydrogen-bond donors (Lipinski definition) is 1. The van der Waals surface area contributed by atoms with Gasteiger partial charge in [0.2, 0.25) is 5.88 Å². The standard InChI is InChI=1S/C32H27N4O2.Pt/c1-32(2,3)25-11-12-28(37)31-24(25)10-13-30(34-31)38-21-8-9-23-22-6-4-5-7-26(22)36(27(23)19-21)29-18-20(14-15-33-29)35-16-17-35;/h4-15,18,37H,16-17H2,1-3H3;/q-1;. The molecule has 0 amide bonds. The predicted octanol–water partition coefficient (Wildman–Crippen LogP) is 7.14. The number of pyridine rings is 2. The number of hydrogen-bond acceptors (Lipinski definition) is 5. The topological polar surface area (TPSA) is 63.2 Å². The minimum absolute atomic E-state index is 0. The third-order valence-electron chi connectivity index (χ3n) is 7.16. The van der Waals surface area contributed by atoms with Crippen LogP contribution in [0.3, 0.4) is 0 Å². The van der Waals surface area contributed by atoms with Gasteiger partial charge in [-0.05, 0) is 40.6 Å². The molecule has 0 spiro atoms. The summed E-state index contributed by atoms with van der Waals surface area (Å²) in [7, 11) is 0. The van der Waals surface area contributed by atoms with Crippen molar-refractivity contribution in [1.29, 1.82) is 0 Å². The molecule has 7 heteroatoms. The van der Waals surface area contributed by atoms with Crippen molar-refractivity contribution in [3.05, 3.63) is 90.6 Å². The van der Waals surface area contributed by atoms with E-state index in [4.69, 9.17) is 9.72 Å². The van der Waals surface area contributed by atoms with E-state index >= 15 is 0 Å². The number of phenolic OH excluding ortho intramolecular Hbond substituents is 1. The van der Waals surface area contributed by atoms with Gasteiger partial charge in [0.1, 0.15) is 17.1 Å². The Labute approximate surface area is 241 Å². The third kappa shape index (κ3) is 4.43. The van der Waals surface area contributed by atoms with E-state index in [1.165, 1.54) is 5.69 Å². The van der Waals surface area contributed by atoms with E-state index in [1.54, 1.807) is 6.07 Å². The van der Waals surface area contributed by atoms with Crippen LogP contribution in [0.4, 0.5) is 5.69 Å². The minimum atomic E-state index is -0.0793. The van der Waals surface area contributed by atoms with Crippen molar-refractivity contribution in [2.75, 3.05) is 18.0 Å². The molecule has 1 aliphatic heterocycles. The average molecular weight is 695 g/mol. The van der Waals surface area contributed by atoms with E-state index in [0.717, 1.165) is 51.7 Å². The second-order valence-corrected chi connectivity index (χ2v) is 10.8. The van der Waals surface area contributed by atoms with Gasteiger partial charge in [-0.2, -0.15) is 6.07 Å². The van der Waals surface area contributed by atoms with Crippen LogP contribution in [-0.4, -0.2) is 32.7 Å². The van der Waals surface area contributed by atoms with Crippen molar-refractivity contribution in [3.63, 3.8) is 0 Å². The molecule has 39 heavy (non-hydrogen) atoms.